The summed E-state index contributed by atoms with van der Waals surface area (Å²) in [6.07, 6.45) is 3.51. The van der Waals surface area contributed by atoms with Gasteiger partial charge >= 0.3 is 0 Å². The second-order valence-corrected chi connectivity index (χ2v) is 9.29. The molecule has 1 unspecified atom stereocenters. The highest BCUT2D eigenvalue weighted by atomic mass is 32.2. The number of nitro groups is 1. The first-order valence-corrected chi connectivity index (χ1v) is 11.4. The van der Waals surface area contributed by atoms with E-state index in [2.05, 4.69) is 9.35 Å². The van der Waals surface area contributed by atoms with E-state index in [-0.39, 0.29) is 17.1 Å². The minimum atomic E-state index is -2.92. The maximum atomic E-state index is 12.9. The number of aromatic nitrogens is 1. The molecule has 2 aromatic heterocycles. The fraction of sp³-hybridized carbons (Fsp3) is 0.0500. The molecule has 0 radical (unpaired) electrons. The minimum Gasteiger partial charge on any atom is -0.439 e. The number of allylic oxidation sites excluding steroid dienone is 1. The summed E-state index contributed by atoms with van der Waals surface area (Å²) >= 11 is 1.20. The molecule has 156 valence electrons. The molecule has 3 rings (SSSR count). The fourth-order valence-electron chi connectivity index (χ4n) is 2.31. The van der Waals surface area contributed by atoms with Crippen LogP contribution in [0.4, 0.5) is 5.69 Å². The van der Waals surface area contributed by atoms with Gasteiger partial charge in [-0.25, -0.2) is 13.6 Å². The van der Waals surface area contributed by atoms with Crippen LogP contribution in [-0.4, -0.2) is 26.2 Å². The summed E-state index contributed by atoms with van der Waals surface area (Å²) in [7, 11) is -2.92. The van der Waals surface area contributed by atoms with Crippen LogP contribution in [0.1, 0.15) is 9.67 Å². The molecule has 0 amide bonds. The van der Waals surface area contributed by atoms with Crippen LogP contribution in [0.15, 0.2) is 81.1 Å². The lowest BCUT2D eigenvalue weighted by Gasteiger charge is -2.07. The van der Waals surface area contributed by atoms with Crippen molar-refractivity contribution in [1.29, 1.82) is 5.26 Å². The van der Waals surface area contributed by atoms with Gasteiger partial charge in [0.2, 0.25) is 11.7 Å². The van der Waals surface area contributed by atoms with E-state index in [0.29, 0.717) is 15.5 Å². The molecule has 0 aliphatic heterocycles. The van der Waals surface area contributed by atoms with Crippen LogP contribution in [-0.2, 0) is 9.73 Å². The van der Waals surface area contributed by atoms with E-state index in [9.17, 15) is 24.4 Å². The maximum Gasteiger partial charge on any atom is 0.287 e. The highest BCUT2D eigenvalue weighted by molar-refractivity contribution is 7.93. The first-order chi connectivity index (χ1) is 14.8. The summed E-state index contributed by atoms with van der Waals surface area (Å²) in [6.45, 7) is 0. The molecule has 1 atom stereocenters. The Bertz CT molecular complexity index is 1300. The van der Waals surface area contributed by atoms with Crippen molar-refractivity contribution >= 4 is 32.5 Å². The zero-order valence-corrected chi connectivity index (χ0v) is 17.6. The Morgan fingerprint density at radius 2 is 2.03 bits per heavy atom. The summed E-state index contributed by atoms with van der Waals surface area (Å²) in [6, 6.07) is 13.9. The van der Waals surface area contributed by atoms with Gasteiger partial charge < -0.3 is 4.74 Å². The van der Waals surface area contributed by atoms with Crippen LogP contribution >= 0.6 is 11.3 Å². The number of rotatable bonds is 7. The van der Waals surface area contributed by atoms with Crippen molar-refractivity contribution in [3.05, 3.63) is 86.9 Å². The number of hydrogen-bond donors (Lipinski definition) is 0. The van der Waals surface area contributed by atoms with Crippen molar-refractivity contribution in [2.75, 3.05) is 6.26 Å². The number of ether oxygens (including phenoxy) is 1. The van der Waals surface area contributed by atoms with Gasteiger partial charge in [-0.15, -0.1) is 11.3 Å². The zero-order valence-electron chi connectivity index (χ0n) is 16.0. The molecule has 0 saturated carbocycles. The molecule has 0 aliphatic rings. The molecular formula is C20H14N4O5S2. The zero-order chi connectivity index (χ0) is 22.4. The molecule has 31 heavy (non-hydrogen) atoms. The number of nitriles is 1. The Morgan fingerprint density at radius 1 is 1.29 bits per heavy atom. The third-order valence-electron chi connectivity index (χ3n) is 3.91. The van der Waals surface area contributed by atoms with E-state index in [1.54, 1.807) is 35.7 Å². The molecule has 2 heterocycles. The monoisotopic (exact) mass is 454 g/mol. The van der Waals surface area contributed by atoms with E-state index in [4.69, 9.17) is 4.74 Å². The van der Waals surface area contributed by atoms with Gasteiger partial charge in [-0.3, -0.25) is 14.9 Å². The average molecular weight is 454 g/mol. The molecule has 0 saturated heterocycles. The summed E-state index contributed by atoms with van der Waals surface area (Å²) in [4.78, 5) is 27.0. The van der Waals surface area contributed by atoms with Gasteiger partial charge in [0, 0.05) is 23.3 Å². The highest BCUT2D eigenvalue weighted by Crippen LogP contribution is 2.23. The summed E-state index contributed by atoms with van der Waals surface area (Å²) in [5, 5.41) is 21.6. The van der Waals surface area contributed by atoms with Gasteiger partial charge in [-0.2, -0.15) is 5.26 Å². The van der Waals surface area contributed by atoms with Gasteiger partial charge in [-0.05, 0) is 35.7 Å². The third kappa shape index (κ3) is 5.39. The molecule has 3 aromatic rings. The number of carbonyl (C=O) groups excluding carboxylic acids is 1. The van der Waals surface area contributed by atoms with Crippen LogP contribution in [0.5, 0.6) is 11.6 Å². The largest absolute Gasteiger partial charge is 0.439 e. The Kier molecular flexibility index (Phi) is 6.54. The average Bonchev–Trinajstić information content (AvgIpc) is 3.30. The number of pyridine rings is 1. The van der Waals surface area contributed by atoms with Gasteiger partial charge in [-0.1, -0.05) is 6.07 Å². The van der Waals surface area contributed by atoms with Crippen LogP contribution in [0.3, 0.4) is 0 Å². The van der Waals surface area contributed by atoms with E-state index < -0.39 is 20.4 Å². The normalized spacial score (nSPS) is 13.0. The van der Waals surface area contributed by atoms with Gasteiger partial charge in [0.1, 0.15) is 23.6 Å². The first kappa shape index (κ1) is 21.8. The smallest absolute Gasteiger partial charge is 0.287 e. The summed E-state index contributed by atoms with van der Waals surface area (Å²) in [5.74, 6) is 0.0613. The van der Waals surface area contributed by atoms with Gasteiger partial charge in [0.25, 0.3) is 5.69 Å². The SMILES string of the molecule is CS(=O)(=N/C=C(\C#N)C(=O)c1cccs1)c1ccc(Oc2ccc([N+](=O)[O-])cn2)cc1. The predicted octanol–water partition coefficient (Wildman–Crippen LogP) is 4.59. The number of hydrogen-bond acceptors (Lipinski definition) is 9. The van der Waals surface area contributed by atoms with Crippen molar-refractivity contribution in [2.45, 2.75) is 4.90 Å². The second kappa shape index (κ2) is 9.29. The first-order valence-electron chi connectivity index (χ1n) is 8.58. The molecule has 0 fully saturated rings. The second-order valence-electron chi connectivity index (χ2n) is 6.05. The number of thiophene rings is 1. The standard InChI is InChI=1S/C20H14N4O5S2/c1-31(28,23-12-14(11-21)20(25)18-3-2-10-30-18)17-7-5-16(6-8-17)29-19-9-4-15(13-22-19)24(26)27/h2-10,12-13H,1H3/b14-12+. The number of ketones is 1. The van der Waals surface area contributed by atoms with Crippen molar-refractivity contribution in [3.63, 3.8) is 0 Å². The quantitative estimate of drug-likeness (QED) is 0.167. The van der Waals surface area contributed by atoms with Crippen molar-refractivity contribution in [1.82, 2.24) is 4.98 Å². The Balaban J connectivity index is 1.78. The summed E-state index contributed by atoms with van der Waals surface area (Å²) < 4.78 is 22.4. The molecule has 0 aliphatic carbocycles. The fourth-order valence-corrected chi connectivity index (χ4v) is 4.06. The lowest BCUT2D eigenvalue weighted by atomic mass is 10.2. The van der Waals surface area contributed by atoms with Crippen molar-refractivity contribution < 1.29 is 18.7 Å². The van der Waals surface area contributed by atoms with Crippen molar-refractivity contribution in [3.8, 4) is 17.7 Å². The molecule has 0 spiro atoms. The Morgan fingerprint density at radius 3 is 2.58 bits per heavy atom. The molecule has 9 nitrogen and oxygen atoms in total. The molecule has 0 bridgehead atoms. The minimum absolute atomic E-state index is 0.155. The molecule has 0 N–H and O–H groups in total. The van der Waals surface area contributed by atoms with Crippen LogP contribution in [0.2, 0.25) is 0 Å². The highest BCUT2D eigenvalue weighted by Gasteiger charge is 2.14. The number of carbonyl (C=O) groups is 1. The van der Waals surface area contributed by atoms with E-state index in [1.807, 2.05) is 0 Å². The topological polar surface area (TPSA) is 136 Å². The van der Waals surface area contributed by atoms with E-state index in [0.717, 1.165) is 12.4 Å². The Hall–Kier alpha value is -3.88. The van der Waals surface area contributed by atoms with Crippen LogP contribution < -0.4 is 4.74 Å². The van der Waals surface area contributed by atoms with Crippen LogP contribution in [0.25, 0.3) is 0 Å². The molecule has 1 aromatic carbocycles. The lowest BCUT2D eigenvalue weighted by Crippen LogP contribution is -2.01. The Labute approximate surface area is 181 Å². The van der Waals surface area contributed by atoms with Gasteiger partial charge in [0.05, 0.1) is 25.7 Å². The molecular weight excluding hydrogens is 440 g/mol. The number of Topliss-reactive ketones (excluding diaryl/α,β-unsaturated/α-hetero) is 1. The molecule has 11 heteroatoms. The third-order valence-corrected chi connectivity index (χ3v) is 6.43. The maximum absolute atomic E-state index is 12.9. The van der Waals surface area contributed by atoms with Crippen LogP contribution in [0, 0.1) is 21.4 Å². The summed E-state index contributed by atoms with van der Waals surface area (Å²) in [5.41, 5.74) is -0.362. The number of benzene rings is 1. The predicted molar refractivity (Wildman–Crippen MR) is 115 cm³/mol. The number of nitrogens with zero attached hydrogens (tertiary/aromatic N) is 4. The van der Waals surface area contributed by atoms with Crippen molar-refractivity contribution in [2.24, 2.45) is 4.36 Å². The van der Waals surface area contributed by atoms with E-state index >= 15 is 0 Å². The lowest BCUT2D eigenvalue weighted by molar-refractivity contribution is -0.385. The van der Waals surface area contributed by atoms with E-state index in [1.165, 1.54) is 41.9 Å². The van der Waals surface area contributed by atoms with Gasteiger partial charge in [0.15, 0.2) is 0 Å².